The van der Waals surface area contributed by atoms with E-state index in [0.29, 0.717) is 5.39 Å². The van der Waals surface area contributed by atoms with E-state index >= 15 is 0 Å². The Kier molecular flexibility index (Phi) is 6.18. The summed E-state index contributed by atoms with van der Waals surface area (Å²) in [5.41, 5.74) is 0. The average Bonchev–Trinajstić information content (AvgIpc) is 2.61. The van der Waals surface area contributed by atoms with E-state index in [-0.39, 0.29) is 40.3 Å². The molecule has 4 N–H and O–H groups in total. The van der Waals surface area contributed by atoms with Crippen LogP contribution in [0.2, 0.25) is 0 Å². The van der Waals surface area contributed by atoms with E-state index in [1.54, 1.807) is 0 Å². The van der Waals surface area contributed by atoms with Gasteiger partial charge in [-0.2, -0.15) is 33.7 Å². The number of hydrogen-bond acceptors (Lipinski definition) is 8. The fraction of sp³-hybridized carbons (Fsp3) is 0. The van der Waals surface area contributed by atoms with E-state index < -0.39 is 76.2 Å². The molecule has 0 heterocycles. The summed E-state index contributed by atoms with van der Waals surface area (Å²) in [6.45, 7) is 0. The van der Waals surface area contributed by atoms with Crippen molar-refractivity contribution in [2.75, 3.05) is 0 Å². The predicted molar refractivity (Wildman–Crippen MR) is 115 cm³/mol. The maximum Gasteiger partial charge on any atom is 0.297 e. The molecule has 171 valence electrons. The molecular weight excluding hydrogens is 535 g/mol. The van der Waals surface area contributed by atoms with Gasteiger partial charge in [0.25, 0.3) is 40.5 Å². The Hall–Kier alpha value is -1.44. The van der Waals surface area contributed by atoms with E-state index in [9.17, 15) is 51.9 Å². The van der Waals surface area contributed by atoms with E-state index in [2.05, 4.69) is 0 Å². The van der Waals surface area contributed by atoms with Gasteiger partial charge < -0.3 is 0 Å². The Balaban J connectivity index is 0.00000306. The molecule has 0 spiro atoms. The molecule has 33 heavy (non-hydrogen) atoms. The Morgan fingerprint density at radius 1 is 0.515 bits per heavy atom. The van der Waals surface area contributed by atoms with Crippen molar-refractivity contribution < 1.29 is 51.9 Å². The van der Waals surface area contributed by atoms with Crippen LogP contribution in [0.3, 0.4) is 0 Å². The molecule has 0 unspecified atom stereocenters. The summed E-state index contributed by atoms with van der Waals surface area (Å²) >= 11 is 0. The largest absolute Gasteiger partial charge is 0.297 e. The minimum atomic E-state index is -5.84. The van der Waals surface area contributed by atoms with Gasteiger partial charge in [-0.1, -0.05) is 30.3 Å². The van der Waals surface area contributed by atoms with Crippen molar-refractivity contribution in [2.24, 2.45) is 0 Å². The van der Waals surface area contributed by atoms with Gasteiger partial charge >= 0.3 is 0 Å². The van der Waals surface area contributed by atoms with Crippen molar-refractivity contribution >= 4 is 102 Å². The summed E-state index contributed by atoms with van der Waals surface area (Å²) in [6.07, 6.45) is 0. The van der Waals surface area contributed by atoms with Crippen LogP contribution in [0.25, 0.3) is 32.3 Å². The second-order valence-electron chi connectivity index (χ2n) is 6.70. The first-order chi connectivity index (χ1) is 14.4. The van der Waals surface area contributed by atoms with Gasteiger partial charge in [-0.3, -0.25) is 18.2 Å². The van der Waals surface area contributed by atoms with Gasteiger partial charge in [0.1, 0.15) is 19.6 Å². The molecule has 0 saturated carbocycles. The van der Waals surface area contributed by atoms with Crippen molar-refractivity contribution in [1.29, 1.82) is 0 Å². The second kappa shape index (κ2) is 7.79. The van der Waals surface area contributed by atoms with Crippen molar-refractivity contribution in [2.45, 2.75) is 19.6 Å². The molecule has 4 aromatic rings. The molecule has 1 radical (unpaired) electrons. The van der Waals surface area contributed by atoms with Crippen molar-refractivity contribution in [1.82, 2.24) is 0 Å². The van der Waals surface area contributed by atoms with Gasteiger partial charge in [0.05, 0.1) is 0 Å². The fourth-order valence-corrected chi connectivity index (χ4v) is 8.22. The fourth-order valence-electron chi connectivity index (χ4n) is 3.82. The van der Waals surface area contributed by atoms with E-state index in [0.717, 1.165) is 12.1 Å². The van der Waals surface area contributed by atoms with Crippen LogP contribution in [0, 0.1) is 0 Å². The van der Waals surface area contributed by atoms with Crippen LogP contribution in [0.4, 0.5) is 0 Å². The van der Waals surface area contributed by atoms with Crippen LogP contribution in [-0.4, -0.2) is 81.4 Å². The van der Waals surface area contributed by atoms with E-state index in [4.69, 9.17) is 0 Å². The van der Waals surface area contributed by atoms with Gasteiger partial charge in [-0.25, -0.2) is 0 Å². The summed E-state index contributed by atoms with van der Waals surface area (Å²) in [4.78, 5) is -6.60. The maximum atomic E-state index is 12.2. The van der Waals surface area contributed by atoms with Crippen molar-refractivity contribution in [3.8, 4) is 0 Å². The molecule has 4 aromatic carbocycles. The van der Waals surface area contributed by atoms with Gasteiger partial charge in [-0.15, -0.1) is 0 Å². The molecule has 0 bridgehead atoms. The molecule has 17 heteroatoms. The Morgan fingerprint density at radius 3 is 1.52 bits per heavy atom. The Bertz CT molecular complexity index is 1910. The predicted octanol–water partition coefficient (Wildman–Crippen LogP) is 1.19. The van der Waals surface area contributed by atoms with Crippen LogP contribution in [0.15, 0.2) is 56.0 Å². The van der Waals surface area contributed by atoms with Crippen LogP contribution in [-0.2, 0) is 40.5 Å². The molecule has 0 saturated heterocycles. The summed E-state index contributed by atoms with van der Waals surface area (Å²) in [7, 11) is -22.5. The zero-order valence-corrected chi connectivity index (χ0v) is 21.4. The molecule has 0 aliphatic heterocycles. The molecule has 0 atom stereocenters. The quantitative estimate of drug-likeness (QED) is 0.161. The van der Waals surface area contributed by atoms with Crippen LogP contribution in [0.5, 0.6) is 0 Å². The normalized spacial score (nSPS) is 13.6. The molecule has 0 fully saturated rings. The Labute approximate surface area is 208 Å². The zero-order chi connectivity index (χ0) is 24.0. The van der Waals surface area contributed by atoms with Gasteiger partial charge in [0, 0.05) is 45.7 Å². The van der Waals surface area contributed by atoms with E-state index in [1.165, 1.54) is 24.3 Å². The SMILES string of the molecule is O=S(=O)(O)c1c(S(=O)(=O)O)c2ccc3cccc4cc(S(=O)(=O)O)c(c1S(=O)(=O)O)c2c34.[Na]. The second-order valence-corrected chi connectivity index (χ2v) is 12.2. The van der Waals surface area contributed by atoms with Crippen LogP contribution >= 0.6 is 0 Å². The minimum Gasteiger partial charge on any atom is -0.282 e. The number of benzene rings is 4. The summed E-state index contributed by atoms with van der Waals surface area (Å²) in [5, 5.41) is -1.88. The molecule has 4 rings (SSSR count). The maximum absolute atomic E-state index is 12.2. The third-order valence-corrected chi connectivity index (χ3v) is 8.72. The van der Waals surface area contributed by atoms with Gasteiger partial charge in [0.2, 0.25) is 0 Å². The van der Waals surface area contributed by atoms with E-state index in [1.807, 2.05) is 0 Å². The molecule has 12 nitrogen and oxygen atoms in total. The topological polar surface area (TPSA) is 217 Å². The smallest absolute Gasteiger partial charge is 0.282 e. The first-order valence-corrected chi connectivity index (χ1v) is 13.9. The van der Waals surface area contributed by atoms with Crippen LogP contribution < -0.4 is 0 Å². The first kappa shape index (κ1) is 26.2. The summed E-state index contributed by atoms with van der Waals surface area (Å²) < 4.78 is 136. The van der Waals surface area contributed by atoms with Crippen molar-refractivity contribution in [3.63, 3.8) is 0 Å². The standard InChI is InChI=1S/C16H10O12S4.Na/c17-29(18,19)10-6-8-3-1-2-7-4-5-9-12(11(7)8)13(10)15(31(23,24)25)16(32(26,27)28)14(9)30(20,21)22;/h1-6H,(H,17,18,19)(H,20,21,22)(H,23,24,25)(H,26,27,28);. The third-order valence-electron chi connectivity index (χ3n) is 4.80. The zero-order valence-electron chi connectivity index (χ0n) is 16.2. The van der Waals surface area contributed by atoms with Crippen molar-refractivity contribution in [3.05, 3.63) is 36.4 Å². The molecule has 0 amide bonds. The molecule has 0 aromatic heterocycles. The monoisotopic (exact) mass is 545 g/mol. The number of rotatable bonds is 4. The number of hydrogen-bond donors (Lipinski definition) is 4. The summed E-state index contributed by atoms with van der Waals surface area (Å²) in [5.74, 6) is 0. The van der Waals surface area contributed by atoms with Gasteiger partial charge in [-0.05, 0) is 22.2 Å². The molecule has 0 aliphatic carbocycles. The minimum absolute atomic E-state index is 0. The third kappa shape index (κ3) is 4.14. The molecular formula is C16H10NaO12S4. The Morgan fingerprint density at radius 2 is 1.03 bits per heavy atom. The van der Waals surface area contributed by atoms with Crippen LogP contribution in [0.1, 0.15) is 0 Å². The molecule has 0 aliphatic rings. The van der Waals surface area contributed by atoms with Gasteiger partial charge in [0.15, 0.2) is 0 Å². The summed E-state index contributed by atoms with van der Waals surface area (Å²) in [6, 6.07) is 7.29. The first-order valence-electron chi connectivity index (χ1n) is 8.11. The average molecular weight is 546 g/mol.